The lowest BCUT2D eigenvalue weighted by Gasteiger charge is -2.11. The van der Waals surface area contributed by atoms with E-state index in [1.54, 1.807) is 30.5 Å². The molecule has 0 N–H and O–H groups in total. The van der Waals surface area contributed by atoms with Crippen molar-refractivity contribution in [2.24, 2.45) is 0 Å². The fraction of sp³-hybridized carbons (Fsp3) is 0.0556. The molecule has 0 aliphatic carbocycles. The number of fused-ring (bicyclic) bond motifs is 2. The van der Waals surface area contributed by atoms with Crippen LogP contribution in [0.15, 0.2) is 62.7 Å². The van der Waals surface area contributed by atoms with Crippen molar-refractivity contribution < 1.29 is 9.90 Å². The fourth-order valence-corrected chi connectivity index (χ4v) is 3.19. The second-order valence-electron chi connectivity index (χ2n) is 5.81. The topological polar surface area (TPSA) is 109 Å². The van der Waals surface area contributed by atoms with E-state index in [9.17, 15) is 19.5 Å². The first-order valence-electron chi connectivity index (χ1n) is 7.83. The molecule has 0 aliphatic rings. The largest absolute Gasteiger partial charge is 0.543 e. The Bertz CT molecular complexity index is 1340. The molecule has 0 saturated heterocycles. The molecule has 0 amide bonds. The Balaban J connectivity index is 1.89. The Labute approximate surface area is 159 Å². The zero-order valence-corrected chi connectivity index (χ0v) is 15.2. The summed E-state index contributed by atoms with van der Waals surface area (Å²) in [5.41, 5.74) is -0.462. The summed E-state index contributed by atoms with van der Waals surface area (Å²) in [4.78, 5) is 40.8. The van der Waals surface area contributed by atoms with Gasteiger partial charge in [0.2, 0.25) is 0 Å². The molecule has 0 bridgehead atoms. The van der Waals surface area contributed by atoms with Crippen molar-refractivity contribution in [1.82, 2.24) is 19.2 Å². The molecule has 0 atom stereocenters. The van der Waals surface area contributed by atoms with Crippen LogP contribution in [0.5, 0.6) is 0 Å². The van der Waals surface area contributed by atoms with Crippen molar-refractivity contribution in [3.63, 3.8) is 0 Å². The van der Waals surface area contributed by atoms with Crippen molar-refractivity contribution in [2.75, 3.05) is 0 Å². The third-order valence-corrected chi connectivity index (χ3v) is 4.52. The number of carboxylic acid groups (broad SMARTS) is 1. The Kier molecular flexibility index (Phi) is 4.08. The minimum Gasteiger partial charge on any atom is -0.543 e. The Morgan fingerprint density at radius 3 is 2.59 bits per heavy atom. The van der Waals surface area contributed by atoms with Crippen molar-refractivity contribution in [1.29, 1.82) is 0 Å². The quantitative estimate of drug-likeness (QED) is 0.474. The number of rotatable bonds is 3. The van der Waals surface area contributed by atoms with Gasteiger partial charge >= 0.3 is 0 Å². The molecule has 4 aromatic rings. The van der Waals surface area contributed by atoms with E-state index in [0.717, 1.165) is 9.15 Å². The van der Waals surface area contributed by atoms with Crippen LogP contribution in [-0.2, 0) is 6.54 Å². The predicted molar refractivity (Wildman–Crippen MR) is 98.6 cm³/mol. The highest BCUT2D eigenvalue weighted by Gasteiger charge is 2.12. The molecule has 0 aliphatic heterocycles. The molecule has 3 aromatic heterocycles. The van der Waals surface area contributed by atoms with E-state index < -0.39 is 11.5 Å². The molecule has 4 rings (SSSR count). The predicted octanol–water partition coefficient (Wildman–Crippen LogP) is 0.579. The van der Waals surface area contributed by atoms with Crippen LogP contribution < -0.4 is 16.2 Å². The first kappa shape index (κ1) is 17.1. The average Bonchev–Trinajstić information content (AvgIpc) is 2.64. The number of hydrogen-bond acceptors (Lipinski definition) is 6. The summed E-state index contributed by atoms with van der Waals surface area (Å²) in [6.07, 6.45) is 1.59. The SMILES string of the molecule is O=C([O-])c1nn(Cc2cc(=O)n3cc(Br)ccc3n2)c(=O)c2ccccc12. The Hall–Kier alpha value is -3.33. The molecule has 134 valence electrons. The Morgan fingerprint density at radius 2 is 1.85 bits per heavy atom. The van der Waals surface area contributed by atoms with E-state index in [-0.39, 0.29) is 34.3 Å². The highest BCUT2D eigenvalue weighted by atomic mass is 79.9. The van der Waals surface area contributed by atoms with Crippen molar-refractivity contribution in [3.8, 4) is 0 Å². The number of halogens is 1. The van der Waals surface area contributed by atoms with Gasteiger partial charge in [-0.15, -0.1) is 0 Å². The number of pyridine rings is 1. The van der Waals surface area contributed by atoms with Crippen LogP contribution in [0.25, 0.3) is 16.4 Å². The molecule has 3 heterocycles. The number of carbonyl (C=O) groups is 1. The molecule has 0 saturated carbocycles. The van der Waals surface area contributed by atoms with Crippen LogP contribution in [0.1, 0.15) is 16.2 Å². The molecule has 8 nitrogen and oxygen atoms in total. The summed E-state index contributed by atoms with van der Waals surface area (Å²) in [6, 6.07) is 10.9. The molecule has 0 radical (unpaired) electrons. The molecule has 1 aromatic carbocycles. The lowest BCUT2D eigenvalue weighted by atomic mass is 10.1. The summed E-state index contributed by atoms with van der Waals surface area (Å²) in [5, 5.41) is 15.7. The smallest absolute Gasteiger partial charge is 0.275 e. The number of aromatic nitrogens is 4. The molecule has 0 fully saturated rings. The molecule has 27 heavy (non-hydrogen) atoms. The molecule has 0 unspecified atom stereocenters. The number of carbonyl (C=O) groups excluding carboxylic acids is 1. The maximum Gasteiger partial charge on any atom is 0.275 e. The van der Waals surface area contributed by atoms with Gasteiger partial charge in [0.05, 0.1) is 23.6 Å². The zero-order valence-electron chi connectivity index (χ0n) is 13.6. The van der Waals surface area contributed by atoms with Gasteiger partial charge < -0.3 is 9.90 Å². The van der Waals surface area contributed by atoms with Crippen molar-refractivity contribution in [2.45, 2.75) is 6.54 Å². The summed E-state index contributed by atoms with van der Waals surface area (Å²) in [5.74, 6) is -1.49. The van der Waals surface area contributed by atoms with E-state index in [1.165, 1.54) is 22.6 Å². The van der Waals surface area contributed by atoms with Gasteiger partial charge in [0.25, 0.3) is 11.1 Å². The minimum absolute atomic E-state index is 0.147. The highest BCUT2D eigenvalue weighted by molar-refractivity contribution is 9.10. The second kappa shape index (κ2) is 6.44. The van der Waals surface area contributed by atoms with E-state index in [4.69, 9.17) is 0 Å². The first-order valence-corrected chi connectivity index (χ1v) is 8.62. The molecular weight excluding hydrogens is 416 g/mol. The van der Waals surface area contributed by atoms with Gasteiger partial charge in [-0.05, 0) is 34.1 Å². The van der Waals surface area contributed by atoms with E-state index in [2.05, 4.69) is 26.0 Å². The molecular formula is C18H10BrN4O4-. The van der Waals surface area contributed by atoms with E-state index >= 15 is 0 Å². The summed E-state index contributed by atoms with van der Waals surface area (Å²) >= 11 is 3.29. The maximum absolute atomic E-state index is 12.7. The van der Waals surface area contributed by atoms with Gasteiger partial charge in [0.15, 0.2) is 0 Å². The lowest BCUT2D eigenvalue weighted by molar-refractivity contribution is -0.255. The summed E-state index contributed by atoms with van der Waals surface area (Å²) in [6.45, 7) is -0.147. The number of carboxylic acids is 1. The van der Waals surface area contributed by atoms with Gasteiger partial charge in [-0.2, -0.15) is 5.10 Å². The lowest BCUT2D eigenvalue weighted by Crippen LogP contribution is -2.31. The van der Waals surface area contributed by atoms with Crippen LogP contribution in [0.2, 0.25) is 0 Å². The van der Waals surface area contributed by atoms with Gasteiger partial charge in [0.1, 0.15) is 11.3 Å². The fourth-order valence-electron chi connectivity index (χ4n) is 2.85. The zero-order chi connectivity index (χ0) is 19.1. The van der Waals surface area contributed by atoms with Crippen LogP contribution in [0.3, 0.4) is 0 Å². The second-order valence-corrected chi connectivity index (χ2v) is 6.72. The average molecular weight is 426 g/mol. The van der Waals surface area contributed by atoms with Crippen LogP contribution in [0.4, 0.5) is 0 Å². The van der Waals surface area contributed by atoms with Crippen LogP contribution >= 0.6 is 15.9 Å². The summed E-state index contributed by atoms with van der Waals surface area (Å²) < 4.78 is 3.05. The molecule has 0 spiro atoms. The number of aromatic carboxylic acids is 1. The van der Waals surface area contributed by atoms with Crippen molar-refractivity contribution in [3.05, 3.63) is 85.2 Å². The number of nitrogens with zero attached hydrogens (tertiary/aromatic N) is 4. The first-order chi connectivity index (χ1) is 12.9. The van der Waals surface area contributed by atoms with Gasteiger partial charge in [-0.3, -0.25) is 14.0 Å². The normalized spacial score (nSPS) is 11.1. The summed E-state index contributed by atoms with van der Waals surface area (Å²) in [7, 11) is 0. The monoisotopic (exact) mass is 425 g/mol. The van der Waals surface area contributed by atoms with Crippen LogP contribution in [-0.4, -0.2) is 25.1 Å². The van der Waals surface area contributed by atoms with E-state index in [1.807, 2.05) is 0 Å². The van der Waals surface area contributed by atoms with Crippen molar-refractivity contribution >= 4 is 38.3 Å². The standard InChI is InChI=1S/C18H11BrN4O4/c19-10-5-6-14-20-11(7-15(24)22(14)8-10)9-23-17(25)13-4-2-1-3-12(13)16(21-23)18(26)27/h1-8H,9H2,(H,26,27)/p-1. The van der Waals surface area contributed by atoms with E-state index in [0.29, 0.717) is 5.65 Å². The third kappa shape index (κ3) is 3.02. The van der Waals surface area contributed by atoms with Crippen LogP contribution in [0, 0.1) is 0 Å². The van der Waals surface area contributed by atoms with Gasteiger partial charge in [0, 0.05) is 22.1 Å². The van der Waals surface area contributed by atoms with Gasteiger partial charge in [-0.25, -0.2) is 9.67 Å². The third-order valence-electron chi connectivity index (χ3n) is 4.05. The molecule has 9 heteroatoms. The number of hydrogen-bond donors (Lipinski definition) is 0. The highest BCUT2D eigenvalue weighted by Crippen LogP contribution is 2.13. The van der Waals surface area contributed by atoms with Gasteiger partial charge in [-0.1, -0.05) is 18.2 Å². The maximum atomic E-state index is 12.7. The minimum atomic E-state index is -1.49. The number of benzene rings is 1. The Morgan fingerprint density at radius 1 is 1.11 bits per heavy atom.